The number of carbonyl (C=O) groups excluding carboxylic acids is 1. The largest absolute Gasteiger partial charge is 0.496 e. The molecule has 2 aliphatic rings. The summed E-state index contributed by atoms with van der Waals surface area (Å²) in [5, 5.41) is 0. The van der Waals surface area contributed by atoms with Gasteiger partial charge in [-0.1, -0.05) is 48.5 Å². The maximum Gasteiger partial charge on any atom is 0.316 e. The molecule has 2 aromatic carbocycles. The Labute approximate surface area is 204 Å². The van der Waals surface area contributed by atoms with E-state index in [0.717, 1.165) is 30.1 Å². The van der Waals surface area contributed by atoms with Crippen LogP contribution in [0.2, 0.25) is 0 Å². The van der Waals surface area contributed by atoms with Gasteiger partial charge in [-0.3, -0.25) is 9.79 Å². The monoisotopic (exact) mass is 462 g/mol. The van der Waals surface area contributed by atoms with Crippen LogP contribution in [0.1, 0.15) is 43.7 Å². The molecule has 0 amide bonds. The van der Waals surface area contributed by atoms with Crippen molar-refractivity contribution in [1.82, 2.24) is 4.90 Å². The number of ether oxygens (including phenoxy) is 2. The second-order valence-electron chi connectivity index (χ2n) is 9.53. The van der Waals surface area contributed by atoms with Crippen molar-refractivity contribution in [1.29, 1.82) is 0 Å². The first-order valence-corrected chi connectivity index (χ1v) is 12.7. The van der Waals surface area contributed by atoms with E-state index in [1.807, 2.05) is 38.2 Å². The third kappa shape index (κ3) is 5.99. The van der Waals surface area contributed by atoms with Crippen LogP contribution in [0.25, 0.3) is 0 Å². The predicted molar refractivity (Wildman–Crippen MR) is 136 cm³/mol. The van der Waals surface area contributed by atoms with Crippen LogP contribution in [0, 0.1) is 23.7 Å². The van der Waals surface area contributed by atoms with Crippen LogP contribution in [-0.2, 0) is 22.5 Å². The molecular formula is C29H38N2O3. The molecular weight excluding hydrogens is 424 g/mol. The zero-order chi connectivity index (χ0) is 23.9. The fourth-order valence-corrected chi connectivity index (χ4v) is 5.28. The number of aliphatic imine (C=N–C) groups is 1. The van der Waals surface area contributed by atoms with Crippen LogP contribution >= 0.6 is 0 Å². The number of rotatable bonds is 12. The van der Waals surface area contributed by atoms with Gasteiger partial charge < -0.3 is 14.4 Å². The average Bonchev–Trinajstić information content (AvgIpc) is 3.78. The maximum absolute atomic E-state index is 13.4. The molecule has 0 spiro atoms. The van der Waals surface area contributed by atoms with E-state index in [1.54, 1.807) is 7.11 Å². The summed E-state index contributed by atoms with van der Waals surface area (Å²) in [4.78, 5) is 20.5. The van der Waals surface area contributed by atoms with Gasteiger partial charge in [0.2, 0.25) is 0 Å². The molecule has 2 aromatic rings. The summed E-state index contributed by atoms with van der Waals surface area (Å²) in [7, 11) is 3.55. The number of para-hydroxylation sites is 1. The summed E-state index contributed by atoms with van der Waals surface area (Å²) in [6, 6.07) is 18.6. The molecule has 5 nitrogen and oxygen atoms in total. The second-order valence-corrected chi connectivity index (χ2v) is 9.53. The van der Waals surface area contributed by atoms with E-state index in [0.29, 0.717) is 30.9 Å². The van der Waals surface area contributed by atoms with Gasteiger partial charge in [0, 0.05) is 20.1 Å². The summed E-state index contributed by atoms with van der Waals surface area (Å²) < 4.78 is 11.3. The van der Waals surface area contributed by atoms with Crippen LogP contribution in [0.15, 0.2) is 59.6 Å². The van der Waals surface area contributed by atoms with E-state index >= 15 is 0 Å². The Bertz CT molecular complexity index is 954. The molecule has 2 aliphatic carbocycles. The lowest BCUT2D eigenvalue weighted by Crippen LogP contribution is -2.45. The predicted octanol–water partition coefficient (Wildman–Crippen LogP) is 5.38. The first kappa shape index (κ1) is 24.3. The van der Waals surface area contributed by atoms with Gasteiger partial charge in [-0.2, -0.15) is 0 Å². The van der Waals surface area contributed by atoms with E-state index in [-0.39, 0.29) is 11.9 Å². The first-order valence-electron chi connectivity index (χ1n) is 12.7. The van der Waals surface area contributed by atoms with Gasteiger partial charge in [-0.25, -0.2) is 0 Å². The zero-order valence-corrected chi connectivity index (χ0v) is 20.8. The lowest BCUT2D eigenvalue weighted by Gasteiger charge is -2.34. The Morgan fingerprint density at radius 1 is 1.03 bits per heavy atom. The van der Waals surface area contributed by atoms with Crippen molar-refractivity contribution in [3.8, 4) is 5.75 Å². The van der Waals surface area contributed by atoms with Gasteiger partial charge in [0.1, 0.15) is 17.5 Å². The smallest absolute Gasteiger partial charge is 0.316 e. The quantitative estimate of drug-likeness (QED) is 0.241. The van der Waals surface area contributed by atoms with E-state index in [9.17, 15) is 4.79 Å². The zero-order valence-electron chi connectivity index (χ0n) is 20.8. The molecule has 5 heteroatoms. The van der Waals surface area contributed by atoms with Crippen molar-refractivity contribution in [2.24, 2.45) is 28.7 Å². The molecule has 34 heavy (non-hydrogen) atoms. The number of amidine groups is 1. The molecule has 0 aromatic heterocycles. The third-order valence-corrected chi connectivity index (χ3v) is 7.15. The number of nitrogens with zero attached hydrogens (tertiary/aromatic N) is 2. The molecule has 4 rings (SSSR count). The van der Waals surface area contributed by atoms with E-state index in [1.165, 1.54) is 31.2 Å². The molecule has 0 radical (unpaired) electrons. The van der Waals surface area contributed by atoms with Crippen LogP contribution in [0.4, 0.5) is 0 Å². The van der Waals surface area contributed by atoms with E-state index in [4.69, 9.17) is 14.5 Å². The van der Waals surface area contributed by atoms with Crippen molar-refractivity contribution < 1.29 is 14.3 Å². The van der Waals surface area contributed by atoms with Gasteiger partial charge in [0.05, 0.1) is 13.7 Å². The molecule has 2 saturated carbocycles. The van der Waals surface area contributed by atoms with E-state index in [2.05, 4.69) is 35.2 Å². The summed E-state index contributed by atoms with van der Waals surface area (Å²) >= 11 is 0. The first-order chi connectivity index (χ1) is 16.7. The fourth-order valence-electron chi connectivity index (χ4n) is 5.28. The lowest BCUT2D eigenvalue weighted by atomic mass is 9.82. The molecule has 1 atom stereocenters. The normalized spacial score (nSPS) is 16.9. The van der Waals surface area contributed by atoms with Crippen molar-refractivity contribution in [2.45, 2.75) is 45.6 Å². The minimum Gasteiger partial charge on any atom is -0.496 e. The topological polar surface area (TPSA) is 51.1 Å². The highest BCUT2D eigenvalue weighted by Crippen LogP contribution is 2.53. The van der Waals surface area contributed by atoms with Gasteiger partial charge in [-0.05, 0) is 74.0 Å². The number of hydrogen-bond donors (Lipinski definition) is 0. The highest BCUT2D eigenvalue weighted by atomic mass is 16.5. The third-order valence-electron chi connectivity index (χ3n) is 7.15. The highest BCUT2D eigenvalue weighted by Gasteiger charge is 2.50. The second kappa shape index (κ2) is 11.5. The molecule has 0 aliphatic heterocycles. The number of esters is 1. The lowest BCUT2D eigenvalue weighted by molar-refractivity contribution is -0.148. The Morgan fingerprint density at radius 3 is 2.26 bits per heavy atom. The van der Waals surface area contributed by atoms with Crippen LogP contribution in [0.3, 0.4) is 0 Å². The minimum absolute atomic E-state index is 0.109. The molecule has 0 saturated heterocycles. The van der Waals surface area contributed by atoms with Gasteiger partial charge in [0.25, 0.3) is 0 Å². The number of carbonyl (C=O) groups is 1. The molecule has 0 heterocycles. The maximum atomic E-state index is 13.4. The fraction of sp³-hybridized carbons (Fsp3) is 0.517. The van der Waals surface area contributed by atoms with Crippen LogP contribution < -0.4 is 4.74 Å². The van der Waals surface area contributed by atoms with Crippen LogP contribution in [0.5, 0.6) is 5.75 Å². The van der Waals surface area contributed by atoms with Crippen molar-refractivity contribution in [2.75, 3.05) is 27.3 Å². The summed E-state index contributed by atoms with van der Waals surface area (Å²) in [6.45, 7) is 3.75. The number of hydrogen-bond acceptors (Lipinski definition) is 4. The Kier molecular flexibility index (Phi) is 8.25. The molecule has 1 unspecified atom stereocenters. The van der Waals surface area contributed by atoms with Gasteiger partial charge in [-0.15, -0.1) is 0 Å². The SMILES string of the molecule is CCOC(=O)C(C(=NC)N(CCc1ccccc1OC)Cc1ccccc1)C(C1CC1)C1CC1. The van der Waals surface area contributed by atoms with E-state index < -0.39 is 0 Å². The average molecular weight is 463 g/mol. The summed E-state index contributed by atoms with van der Waals surface area (Å²) in [5.74, 6) is 2.93. The molecule has 0 N–H and O–H groups in total. The number of methoxy groups -OCH3 is 1. The Morgan fingerprint density at radius 2 is 1.68 bits per heavy atom. The molecule has 182 valence electrons. The standard InChI is InChI=1S/C29H38N2O3/c1-4-34-29(32)27(26(23-14-15-23)24-16-17-24)28(30-2)31(20-21-10-6-5-7-11-21)19-18-22-12-8-9-13-25(22)33-3/h5-13,23-24,26-27H,4,14-20H2,1-3H3. The Balaban J connectivity index is 1.65. The van der Waals surface area contributed by atoms with Crippen molar-refractivity contribution in [3.05, 3.63) is 65.7 Å². The number of benzene rings is 2. The molecule has 2 fully saturated rings. The minimum atomic E-state index is -0.300. The summed E-state index contributed by atoms with van der Waals surface area (Å²) in [5.41, 5.74) is 2.37. The highest BCUT2D eigenvalue weighted by molar-refractivity contribution is 6.01. The van der Waals surface area contributed by atoms with Crippen molar-refractivity contribution in [3.63, 3.8) is 0 Å². The molecule has 0 bridgehead atoms. The van der Waals surface area contributed by atoms with Gasteiger partial charge in [0.15, 0.2) is 0 Å². The Hall–Kier alpha value is -2.82. The van der Waals surface area contributed by atoms with Crippen LogP contribution in [-0.4, -0.2) is 44.0 Å². The van der Waals surface area contributed by atoms with Crippen molar-refractivity contribution >= 4 is 11.8 Å². The summed E-state index contributed by atoms with van der Waals surface area (Å²) in [6.07, 6.45) is 5.67. The van der Waals surface area contributed by atoms with Gasteiger partial charge >= 0.3 is 5.97 Å².